The minimum absolute atomic E-state index is 0.0729. The van der Waals surface area contributed by atoms with Gasteiger partial charge in [0.05, 0.1) is 18.6 Å². The summed E-state index contributed by atoms with van der Waals surface area (Å²) in [6.07, 6.45) is 3.90. The molecule has 6 nitrogen and oxygen atoms in total. The van der Waals surface area contributed by atoms with Crippen LogP contribution in [0.15, 0.2) is 18.5 Å². The second-order valence-corrected chi connectivity index (χ2v) is 4.23. The standard InChI is InChI=1S/C11H17N3O3/c1-17-10-8-13(6-3-11(15)16)7-9(10)14-5-2-4-12-14/h2,4-5,9-10H,3,6-8H2,1H3,(H,15,16)/t9-,10+/m0/s1. The first-order chi connectivity index (χ1) is 8.20. The largest absolute Gasteiger partial charge is 0.481 e. The molecule has 0 aromatic carbocycles. The summed E-state index contributed by atoms with van der Waals surface area (Å²) < 4.78 is 7.32. The van der Waals surface area contributed by atoms with Gasteiger partial charge in [-0.05, 0) is 6.07 Å². The molecule has 94 valence electrons. The Morgan fingerprint density at radius 2 is 2.41 bits per heavy atom. The molecule has 0 unspecified atom stereocenters. The van der Waals surface area contributed by atoms with Crippen molar-refractivity contribution in [2.75, 3.05) is 26.7 Å². The predicted octanol–water partition coefficient (Wildman–Crippen LogP) is 0.229. The van der Waals surface area contributed by atoms with E-state index in [1.54, 1.807) is 13.3 Å². The Hall–Kier alpha value is -1.40. The SMILES string of the molecule is CO[C@@H]1CN(CCC(=O)O)C[C@@H]1n1cccn1. The summed E-state index contributed by atoms with van der Waals surface area (Å²) in [5, 5.41) is 12.9. The summed E-state index contributed by atoms with van der Waals surface area (Å²) in [5.74, 6) is -0.762. The van der Waals surface area contributed by atoms with Crippen molar-refractivity contribution in [3.05, 3.63) is 18.5 Å². The summed E-state index contributed by atoms with van der Waals surface area (Å²) >= 11 is 0. The third kappa shape index (κ3) is 2.83. The van der Waals surface area contributed by atoms with Gasteiger partial charge in [-0.15, -0.1) is 0 Å². The van der Waals surface area contributed by atoms with E-state index in [2.05, 4.69) is 10.00 Å². The number of likely N-dealkylation sites (tertiary alicyclic amines) is 1. The molecule has 2 heterocycles. The van der Waals surface area contributed by atoms with E-state index in [4.69, 9.17) is 9.84 Å². The Morgan fingerprint density at radius 3 is 3.00 bits per heavy atom. The van der Waals surface area contributed by atoms with Crippen molar-refractivity contribution >= 4 is 5.97 Å². The molecule has 1 aromatic heterocycles. The van der Waals surface area contributed by atoms with Crippen LogP contribution in [0.1, 0.15) is 12.5 Å². The lowest BCUT2D eigenvalue weighted by Crippen LogP contribution is -2.25. The van der Waals surface area contributed by atoms with Crippen molar-refractivity contribution in [1.29, 1.82) is 0 Å². The van der Waals surface area contributed by atoms with Crippen LogP contribution in [0, 0.1) is 0 Å². The van der Waals surface area contributed by atoms with Crippen LogP contribution in [-0.4, -0.2) is 58.6 Å². The fourth-order valence-corrected chi connectivity index (χ4v) is 2.23. The first-order valence-electron chi connectivity index (χ1n) is 5.67. The number of ether oxygens (including phenoxy) is 1. The lowest BCUT2D eigenvalue weighted by molar-refractivity contribution is -0.137. The molecule has 0 radical (unpaired) electrons. The summed E-state index contributed by atoms with van der Waals surface area (Å²) in [5.41, 5.74) is 0. The Morgan fingerprint density at radius 1 is 1.59 bits per heavy atom. The topological polar surface area (TPSA) is 67.6 Å². The van der Waals surface area contributed by atoms with Crippen molar-refractivity contribution in [1.82, 2.24) is 14.7 Å². The van der Waals surface area contributed by atoms with Crippen LogP contribution in [0.25, 0.3) is 0 Å². The van der Waals surface area contributed by atoms with Crippen molar-refractivity contribution in [2.45, 2.75) is 18.6 Å². The highest BCUT2D eigenvalue weighted by molar-refractivity contribution is 5.66. The fourth-order valence-electron chi connectivity index (χ4n) is 2.23. The van der Waals surface area contributed by atoms with Gasteiger partial charge in [-0.25, -0.2) is 0 Å². The minimum atomic E-state index is -0.762. The number of aliphatic carboxylic acids is 1. The van der Waals surface area contributed by atoms with E-state index in [1.807, 2.05) is 16.9 Å². The summed E-state index contributed by atoms with van der Waals surface area (Å²) in [4.78, 5) is 12.6. The molecule has 0 saturated carbocycles. The highest BCUT2D eigenvalue weighted by Crippen LogP contribution is 2.23. The molecule has 1 aromatic rings. The molecule has 2 atom stereocenters. The van der Waals surface area contributed by atoms with Crippen LogP contribution in [0.3, 0.4) is 0 Å². The van der Waals surface area contributed by atoms with Gasteiger partial charge in [0.1, 0.15) is 0 Å². The number of rotatable bonds is 5. The monoisotopic (exact) mass is 239 g/mol. The van der Waals surface area contributed by atoms with Crippen LogP contribution < -0.4 is 0 Å². The fraction of sp³-hybridized carbons (Fsp3) is 0.636. The first-order valence-corrected chi connectivity index (χ1v) is 5.67. The summed E-state index contributed by atoms with van der Waals surface area (Å²) in [7, 11) is 1.68. The van der Waals surface area contributed by atoms with Crippen molar-refractivity contribution in [2.24, 2.45) is 0 Å². The summed E-state index contributed by atoms with van der Waals surface area (Å²) in [6.45, 7) is 2.11. The van der Waals surface area contributed by atoms with Crippen molar-refractivity contribution in [3.63, 3.8) is 0 Å². The van der Waals surface area contributed by atoms with Crippen LogP contribution in [0.5, 0.6) is 0 Å². The van der Waals surface area contributed by atoms with E-state index in [-0.39, 0.29) is 18.6 Å². The molecule has 2 rings (SSSR count). The van der Waals surface area contributed by atoms with Gasteiger partial charge in [0.2, 0.25) is 0 Å². The second kappa shape index (κ2) is 5.29. The average Bonchev–Trinajstić information content (AvgIpc) is 2.94. The highest BCUT2D eigenvalue weighted by Gasteiger charge is 2.34. The maximum Gasteiger partial charge on any atom is 0.304 e. The maximum atomic E-state index is 10.5. The number of aromatic nitrogens is 2. The van der Waals surface area contributed by atoms with Gasteiger partial charge in [-0.3, -0.25) is 14.4 Å². The Balaban J connectivity index is 1.96. The molecular formula is C11H17N3O3. The average molecular weight is 239 g/mol. The number of carbonyl (C=O) groups is 1. The zero-order valence-electron chi connectivity index (χ0n) is 9.82. The van der Waals surface area contributed by atoms with Crippen molar-refractivity contribution < 1.29 is 14.6 Å². The van der Waals surface area contributed by atoms with Gasteiger partial charge < -0.3 is 9.84 Å². The van der Waals surface area contributed by atoms with Gasteiger partial charge in [0.25, 0.3) is 0 Å². The number of carboxylic acid groups (broad SMARTS) is 1. The number of hydrogen-bond donors (Lipinski definition) is 1. The number of methoxy groups -OCH3 is 1. The quantitative estimate of drug-likeness (QED) is 0.796. The maximum absolute atomic E-state index is 10.5. The summed E-state index contributed by atoms with van der Waals surface area (Å²) in [6, 6.07) is 2.05. The van der Waals surface area contributed by atoms with E-state index >= 15 is 0 Å². The smallest absolute Gasteiger partial charge is 0.304 e. The molecule has 0 bridgehead atoms. The van der Waals surface area contributed by atoms with E-state index in [9.17, 15) is 4.79 Å². The first kappa shape index (κ1) is 12.1. The van der Waals surface area contributed by atoms with Crippen molar-refractivity contribution in [3.8, 4) is 0 Å². The second-order valence-electron chi connectivity index (χ2n) is 4.23. The lowest BCUT2D eigenvalue weighted by atomic mass is 10.2. The van der Waals surface area contributed by atoms with Crippen LogP contribution >= 0.6 is 0 Å². The van der Waals surface area contributed by atoms with Crippen LogP contribution in [0.4, 0.5) is 0 Å². The van der Waals surface area contributed by atoms with E-state index < -0.39 is 5.97 Å². The zero-order chi connectivity index (χ0) is 12.3. The molecule has 1 N–H and O–H groups in total. The molecule has 0 spiro atoms. The molecular weight excluding hydrogens is 222 g/mol. The van der Waals surface area contributed by atoms with E-state index in [0.29, 0.717) is 6.54 Å². The van der Waals surface area contributed by atoms with Gasteiger partial charge in [-0.1, -0.05) is 0 Å². The van der Waals surface area contributed by atoms with Crippen LogP contribution in [0.2, 0.25) is 0 Å². The number of nitrogens with zero attached hydrogens (tertiary/aromatic N) is 3. The Labute approximate surface area is 99.8 Å². The molecule has 6 heteroatoms. The van der Waals surface area contributed by atoms with E-state index in [0.717, 1.165) is 13.1 Å². The molecule has 0 aliphatic carbocycles. The molecule has 1 fully saturated rings. The molecule has 17 heavy (non-hydrogen) atoms. The molecule has 1 aliphatic rings. The third-order valence-corrected chi connectivity index (χ3v) is 3.12. The Bertz CT molecular complexity index is 366. The van der Waals surface area contributed by atoms with Gasteiger partial charge in [0.15, 0.2) is 0 Å². The van der Waals surface area contributed by atoms with Gasteiger partial charge in [0, 0.05) is 39.1 Å². The number of hydrogen-bond acceptors (Lipinski definition) is 4. The third-order valence-electron chi connectivity index (χ3n) is 3.12. The highest BCUT2D eigenvalue weighted by atomic mass is 16.5. The zero-order valence-corrected chi connectivity index (χ0v) is 9.82. The molecule has 1 saturated heterocycles. The molecule has 0 amide bonds. The van der Waals surface area contributed by atoms with E-state index in [1.165, 1.54) is 0 Å². The lowest BCUT2D eigenvalue weighted by Gasteiger charge is -2.16. The predicted molar refractivity (Wildman–Crippen MR) is 60.8 cm³/mol. The molecule has 1 aliphatic heterocycles. The van der Waals surface area contributed by atoms with Gasteiger partial charge >= 0.3 is 5.97 Å². The Kier molecular flexibility index (Phi) is 3.75. The minimum Gasteiger partial charge on any atom is -0.481 e. The number of carboxylic acids is 1. The van der Waals surface area contributed by atoms with Gasteiger partial charge in [-0.2, -0.15) is 5.10 Å². The van der Waals surface area contributed by atoms with Crippen LogP contribution in [-0.2, 0) is 9.53 Å². The normalized spacial score (nSPS) is 25.2.